The molecule has 0 amide bonds. The van der Waals surface area contributed by atoms with Gasteiger partial charge in [0, 0.05) is 80.3 Å². The van der Waals surface area contributed by atoms with Gasteiger partial charge in [-0.05, 0) is 90.4 Å². The zero-order valence-corrected chi connectivity index (χ0v) is 48.6. The van der Waals surface area contributed by atoms with Crippen molar-refractivity contribution >= 4 is 17.5 Å². The lowest BCUT2D eigenvalue weighted by molar-refractivity contribution is -0.338. The van der Waals surface area contributed by atoms with Gasteiger partial charge in [0.1, 0.15) is 35.4 Å². The maximum absolute atomic E-state index is 15.7. The smallest absolute Gasteiger partial charge is 0.346 e. The quantitative estimate of drug-likeness (QED) is 0.0715. The van der Waals surface area contributed by atoms with Crippen molar-refractivity contribution in [1.82, 2.24) is 0 Å². The minimum absolute atomic E-state index is 0.0414. The molecule has 0 aromatic heterocycles. The number of ether oxygens (including phenoxy) is 8. The Balaban J connectivity index is 1.09. The van der Waals surface area contributed by atoms with E-state index in [4.69, 9.17) is 37.9 Å². The monoisotopic (exact) mass is 1100 g/mol. The molecule has 6 N–H and O–H groups in total. The van der Waals surface area contributed by atoms with Crippen molar-refractivity contribution in [2.45, 2.75) is 245 Å². The van der Waals surface area contributed by atoms with Crippen LogP contribution in [-0.4, -0.2) is 154 Å². The fourth-order valence-electron chi connectivity index (χ4n) is 16.0. The second-order valence-corrected chi connectivity index (χ2v) is 25.4. The highest BCUT2D eigenvalue weighted by molar-refractivity contribution is 6.26. The minimum Gasteiger partial charge on any atom is -0.511 e. The van der Waals surface area contributed by atoms with E-state index in [9.17, 15) is 40.2 Å². The molecule has 0 aromatic rings. The van der Waals surface area contributed by atoms with Gasteiger partial charge >= 0.3 is 5.97 Å². The summed E-state index contributed by atoms with van der Waals surface area (Å²) in [6.45, 7) is 23.2. The number of fused-ring (bicyclic) bond motifs is 4. The molecule has 1 spiro atoms. The summed E-state index contributed by atoms with van der Waals surface area (Å²) in [5, 5.41) is 68.8. The predicted octanol–water partition coefficient (Wildman–Crippen LogP) is 7.28. The number of carbonyl (C=O) groups excluding carboxylic acids is 3. The van der Waals surface area contributed by atoms with E-state index in [0.29, 0.717) is 32.1 Å². The van der Waals surface area contributed by atoms with Gasteiger partial charge in [-0.15, -0.1) is 0 Å². The van der Waals surface area contributed by atoms with E-state index in [1.807, 2.05) is 68.4 Å². The maximum atomic E-state index is 15.7. The first-order chi connectivity index (χ1) is 36.8. The van der Waals surface area contributed by atoms with Gasteiger partial charge in [0.2, 0.25) is 5.78 Å². The van der Waals surface area contributed by atoms with Gasteiger partial charge in [0.05, 0.1) is 48.8 Å². The molecule has 0 unspecified atom stereocenters. The van der Waals surface area contributed by atoms with Gasteiger partial charge in [0.25, 0.3) is 0 Å². The molecule has 78 heavy (non-hydrogen) atoms. The molecule has 4 aliphatic heterocycles. The van der Waals surface area contributed by atoms with Gasteiger partial charge in [-0.1, -0.05) is 89.8 Å². The molecule has 17 heteroatoms. The Morgan fingerprint density at radius 2 is 1.36 bits per heavy atom. The van der Waals surface area contributed by atoms with E-state index < -0.39 is 144 Å². The number of allylic oxidation sites excluding steroid dienone is 4. The lowest BCUT2D eigenvalue weighted by atomic mass is 9.47. The van der Waals surface area contributed by atoms with Crippen LogP contribution in [0.5, 0.6) is 0 Å². The highest BCUT2D eigenvalue weighted by Crippen LogP contribution is 2.64. The third kappa shape index (κ3) is 11.1. The molecule has 0 radical (unpaired) electrons. The lowest BCUT2D eigenvalue weighted by Crippen LogP contribution is -2.57. The van der Waals surface area contributed by atoms with Gasteiger partial charge in [0.15, 0.2) is 24.5 Å². The molecular weight excluding hydrogens is 1000 g/mol. The number of carbonyl (C=O) groups is 3. The molecule has 25 atom stereocenters. The second kappa shape index (κ2) is 24.1. The fraction of sp³-hybridized carbons (Fsp3) is 0.820. The van der Waals surface area contributed by atoms with E-state index in [0.717, 1.165) is 16.7 Å². The summed E-state index contributed by atoms with van der Waals surface area (Å²) < 4.78 is 51.0. The highest BCUT2D eigenvalue weighted by Gasteiger charge is 2.67. The average Bonchev–Trinajstić information content (AvgIpc) is 3.88. The van der Waals surface area contributed by atoms with Crippen LogP contribution in [0.3, 0.4) is 0 Å². The zero-order chi connectivity index (χ0) is 57.1. The van der Waals surface area contributed by atoms with Crippen LogP contribution in [0.4, 0.5) is 0 Å². The zero-order valence-electron chi connectivity index (χ0n) is 48.6. The van der Waals surface area contributed by atoms with Crippen molar-refractivity contribution in [3.05, 3.63) is 46.3 Å². The molecule has 0 aromatic carbocycles. The molecule has 4 aliphatic carbocycles. The minimum atomic E-state index is -1.62. The number of Topliss-reactive ketones (excluding diaryl/α,β-unsaturated/α-hetero) is 2. The van der Waals surface area contributed by atoms with Crippen LogP contribution < -0.4 is 0 Å². The summed E-state index contributed by atoms with van der Waals surface area (Å²) in [4.78, 5) is 44.3. The Hall–Kier alpha value is -2.91. The van der Waals surface area contributed by atoms with Crippen molar-refractivity contribution in [3.63, 3.8) is 0 Å². The highest BCUT2D eigenvalue weighted by atomic mass is 16.7. The summed E-state index contributed by atoms with van der Waals surface area (Å²) in [6, 6.07) is 0. The van der Waals surface area contributed by atoms with E-state index in [1.54, 1.807) is 14.0 Å². The maximum Gasteiger partial charge on any atom is 0.346 e. The van der Waals surface area contributed by atoms with Crippen LogP contribution in [0.1, 0.15) is 154 Å². The van der Waals surface area contributed by atoms with Crippen LogP contribution in [0.15, 0.2) is 46.3 Å². The summed E-state index contributed by atoms with van der Waals surface area (Å²) in [5.41, 5.74) is -1.54. The van der Waals surface area contributed by atoms with E-state index in [-0.39, 0.29) is 80.0 Å². The van der Waals surface area contributed by atoms with E-state index in [2.05, 4.69) is 26.0 Å². The Kier molecular flexibility index (Phi) is 18.9. The Morgan fingerprint density at radius 3 is 1.97 bits per heavy atom. The van der Waals surface area contributed by atoms with Crippen LogP contribution >= 0.6 is 0 Å². The Morgan fingerprint density at radius 1 is 0.744 bits per heavy atom. The van der Waals surface area contributed by atoms with Crippen LogP contribution in [0, 0.1) is 58.2 Å². The number of ketones is 2. The standard InChI is InChI=1S/C61H94O17/c1-14-39-21-38(28-62)19-31(5)53(75-47-24-44(66)54(36(10)73-47)76-48-25-45(71-13)55(37(11)74-48)77-46-23-43(65)52(67)35(9)72-46)29(3)17-16-18-59(12)26-32(6)33(7)27-61(59)57(69)49(58(70)78-61)56(68)60(15-2)50(39)30(4)20-40-42(64)22-41(63)34(8)51(40)60/h20-21,26,29,31,33-38,40,42-48,50-55,62,64-68H,14-19,22-25,27-28H2,1-13H3/b39-21+,56-49?/t29-,31+,33+,34+,35+,36+,37+,38+,40-,42+,43-,44-,45+,46-,47-,48+,50+,51-,52+,53-,54+,55+,59+,60-,61-/m0/s1. The number of aliphatic hydroxyl groups is 6. The number of esters is 1. The van der Waals surface area contributed by atoms with Crippen molar-refractivity contribution in [2.24, 2.45) is 58.2 Å². The Bertz CT molecular complexity index is 2290. The van der Waals surface area contributed by atoms with Gasteiger partial charge in [-0.25, -0.2) is 4.79 Å². The first kappa shape index (κ1) is 61.2. The number of rotatable bonds is 10. The number of methoxy groups -OCH3 is 1. The topological polar surface area (TPSA) is 246 Å². The molecule has 17 nitrogen and oxygen atoms in total. The summed E-state index contributed by atoms with van der Waals surface area (Å²) in [7, 11) is 1.57. The largest absolute Gasteiger partial charge is 0.511 e. The van der Waals surface area contributed by atoms with Crippen LogP contribution in [0.2, 0.25) is 0 Å². The second-order valence-electron chi connectivity index (χ2n) is 25.4. The van der Waals surface area contributed by atoms with Crippen molar-refractivity contribution in [3.8, 4) is 0 Å². The first-order valence-electron chi connectivity index (χ1n) is 29.4. The molecule has 4 heterocycles. The normalized spacial score (nSPS) is 48.6. The SMILES string of the molecule is CC/C1=C\[C@H](CO)C[C@@H](C)[C@@H](O[C@H]2C[C@H](O)[C@H](O[C@@H]3C[C@@H](OC)[C@H](O[C@H]4C[C@H](O)[C@H](O)[C@@H](C)O4)[C@@H](C)O3)[C@@H](C)O2)[C@@H](C)CCC[C@]2(C)C=C(C)[C@H](C)C[C@@]23OC(=O)C(=C(O)[C@]2(CC)[C@@H]4[C@@H](C=C(C)[C@H]12)[C@H](O)CC(=O)[C@H]4C)C3=O. The number of hydrogen-bond acceptors (Lipinski definition) is 17. The number of hydrogen-bond donors (Lipinski definition) is 6. The van der Waals surface area contributed by atoms with E-state index in [1.165, 1.54) is 0 Å². The molecule has 5 fully saturated rings. The third-order valence-electron chi connectivity index (χ3n) is 20.3. The van der Waals surface area contributed by atoms with Gasteiger partial charge in [-0.2, -0.15) is 0 Å². The van der Waals surface area contributed by atoms with Gasteiger partial charge < -0.3 is 68.5 Å². The third-order valence-corrected chi connectivity index (χ3v) is 20.3. The van der Waals surface area contributed by atoms with E-state index >= 15 is 4.79 Å². The van der Waals surface area contributed by atoms with Crippen LogP contribution in [0.25, 0.3) is 0 Å². The molecule has 4 saturated heterocycles. The van der Waals surface area contributed by atoms with Gasteiger partial charge in [-0.3, -0.25) is 9.59 Å². The molecule has 8 aliphatic rings. The lowest BCUT2D eigenvalue weighted by Gasteiger charge is -2.56. The first-order valence-corrected chi connectivity index (χ1v) is 29.4. The molecule has 1 saturated carbocycles. The molecule has 8 rings (SSSR count). The average molecular weight is 1100 g/mol. The Labute approximate surface area is 462 Å². The van der Waals surface area contributed by atoms with Crippen molar-refractivity contribution in [1.29, 1.82) is 0 Å². The van der Waals surface area contributed by atoms with Crippen LogP contribution in [-0.2, 0) is 52.3 Å². The summed E-state index contributed by atoms with van der Waals surface area (Å²) in [5.74, 6) is -5.19. The van der Waals surface area contributed by atoms with Crippen molar-refractivity contribution < 1.29 is 82.9 Å². The molecule has 440 valence electrons. The van der Waals surface area contributed by atoms with Crippen molar-refractivity contribution in [2.75, 3.05) is 13.7 Å². The fourth-order valence-corrected chi connectivity index (χ4v) is 16.0. The summed E-state index contributed by atoms with van der Waals surface area (Å²) >= 11 is 0. The summed E-state index contributed by atoms with van der Waals surface area (Å²) in [6.07, 6.45) is -0.691. The predicted molar refractivity (Wildman–Crippen MR) is 287 cm³/mol. The molecule has 2 bridgehead atoms. The number of aliphatic hydroxyl groups excluding tert-OH is 6. The molecular formula is C61H94O17.